The molecule has 1 aliphatic heterocycles. The number of fused-ring (bicyclic) bond motifs is 1. The first kappa shape index (κ1) is 14.0. The summed E-state index contributed by atoms with van der Waals surface area (Å²) in [6.45, 7) is 2.50. The lowest BCUT2D eigenvalue weighted by molar-refractivity contribution is -0.123. The molecule has 6 nitrogen and oxygen atoms in total. The molecule has 1 aromatic rings. The van der Waals surface area contributed by atoms with Crippen LogP contribution in [-0.2, 0) is 16.1 Å². The SMILES string of the molecule is O=C(NCCCOCCO)C1CCCn2ccnc21. The van der Waals surface area contributed by atoms with Crippen molar-refractivity contribution in [2.75, 3.05) is 26.4 Å². The summed E-state index contributed by atoms with van der Waals surface area (Å²) in [7, 11) is 0. The van der Waals surface area contributed by atoms with Crippen LogP contribution in [0.3, 0.4) is 0 Å². The van der Waals surface area contributed by atoms with Gasteiger partial charge in [0.2, 0.25) is 5.91 Å². The van der Waals surface area contributed by atoms with Gasteiger partial charge in [-0.05, 0) is 19.3 Å². The largest absolute Gasteiger partial charge is 0.394 e. The van der Waals surface area contributed by atoms with Crippen molar-refractivity contribution in [3.63, 3.8) is 0 Å². The van der Waals surface area contributed by atoms with Gasteiger partial charge in [0.1, 0.15) is 5.82 Å². The summed E-state index contributed by atoms with van der Waals surface area (Å²) >= 11 is 0. The zero-order valence-corrected chi connectivity index (χ0v) is 11.0. The fraction of sp³-hybridized carbons (Fsp3) is 0.692. The number of hydrogen-bond acceptors (Lipinski definition) is 4. The highest BCUT2D eigenvalue weighted by molar-refractivity contribution is 5.82. The highest BCUT2D eigenvalue weighted by Gasteiger charge is 2.27. The monoisotopic (exact) mass is 267 g/mol. The lowest BCUT2D eigenvalue weighted by atomic mass is 9.98. The zero-order chi connectivity index (χ0) is 13.5. The van der Waals surface area contributed by atoms with Crippen LogP contribution in [0.2, 0.25) is 0 Å². The number of ether oxygens (including phenoxy) is 1. The fourth-order valence-corrected chi connectivity index (χ4v) is 2.34. The molecule has 2 heterocycles. The number of imidazole rings is 1. The Kier molecular flexibility index (Phi) is 5.35. The summed E-state index contributed by atoms with van der Waals surface area (Å²) in [6.07, 6.45) is 6.32. The number of hydrogen-bond donors (Lipinski definition) is 2. The molecule has 0 bridgehead atoms. The second kappa shape index (κ2) is 7.25. The number of aryl methyl sites for hydroxylation is 1. The second-order valence-electron chi connectivity index (χ2n) is 4.65. The topological polar surface area (TPSA) is 76.4 Å². The Bertz CT molecular complexity index is 406. The first-order valence-electron chi connectivity index (χ1n) is 6.80. The van der Waals surface area contributed by atoms with E-state index >= 15 is 0 Å². The number of aliphatic hydroxyl groups is 1. The molecule has 1 unspecified atom stereocenters. The van der Waals surface area contributed by atoms with Crippen molar-refractivity contribution in [3.8, 4) is 0 Å². The molecule has 2 rings (SSSR count). The molecular formula is C13H21N3O3. The lowest BCUT2D eigenvalue weighted by Gasteiger charge is -2.22. The number of rotatable bonds is 7. The van der Waals surface area contributed by atoms with E-state index in [1.54, 1.807) is 6.20 Å². The van der Waals surface area contributed by atoms with Crippen molar-refractivity contribution < 1.29 is 14.6 Å². The number of aliphatic hydroxyl groups excluding tert-OH is 1. The van der Waals surface area contributed by atoms with E-state index in [0.29, 0.717) is 19.8 Å². The third kappa shape index (κ3) is 3.78. The van der Waals surface area contributed by atoms with E-state index in [4.69, 9.17) is 9.84 Å². The quantitative estimate of drug-likeness (QED) is 0.696. The van der Waals surface area contributed by atoms with Crippen LogP contribution < -0.4 is 5.32 Å². The van der Waals surface area contributed by atoms with Crippen LogP contribution in [-0.4, -0.2) is 46.9 Å². The van der Waals surface area contributed by atoms with Gasteiger partial charge < -0.3 is 19.7 Å². The summed E-state index contributed by atoms with van der Waals surface area (Å²) in [4.78, 5) is 16.4. The standard InChI is InChI=1S/C13H21N3O3/c17-8-10-19-9-2-4-15-13(18)11-3-1-6-16-7-5-14-12(11)16/h5,7,11,17H,1-4,6,8-10H2,(H,15,18). The number of aromatic nitrogens is 2. The van der Waals surface area contributed by atoms with Crippen LogP contribution >= 0.6 is 0 Å². The summed E-state index contributed by atoms with van der Waals surface area (Å²) in [6, 6.07) is 0. The molecule has 1 amide bonds. The van der Waals surface area contributed by atoms with Crippen LogP contribution in [0.25, 0.3) is 0 Å². The predicted molar refractivity (Wildman–Crippen MR) is 69.7 cm³/mol. The van der Waals surface area contributed by atoms with Crippen molar-refractivity contribution in [2.24, 2.45) is 0 Å². The van der Waals surface area contributed by atoms with Crippen molar-refractivity contribution in [1.29, 1.82) is 0 Å². The van der Waals surface area contributed by atoms with Gasteiger partial charge in [-0.3, -0.25) is 4.79 Å². The van der Waals surface area contributed by atoms with Crippen LogP contribution in [0.5, 0.6) is 0 Å². The van der Waals surface area contributed by atoms with Crippen LogP contribution in [0, 0.1) is 0 Å². The van der Waals surface area contributed by atoms with E-state index in [1.165, 1.54) is 0 Å². The Morgan fingerprint density at radius 2 is 2.47 bits per heavy atom. The van der Waals surface area contributed by atoms with Gasteiger partial charge in [-0.1, -0.05) is 0 Å². The molecule has 0 aliphatic carbocycles. The van der Waals surface area contributed by atoms with E-state index in [0.717, 1.165) is 31.6 Å². The fourth-order valence-electron chi connectivity index (χ4n) is 2.34. The molecule has 0 radical (unpaired) electrons. The molecule has 0 saturated carbocycles. The highest BCUT2D eigenvalue weighted by atomic mass is 16.5. The van der Waals surface area contributed by atoms with E-state index in [1.807, 2.05) is 6.20 Å². The van der Waals surface area contributed by atoms with Crippen molar-refractivity contribution in [2.45, 2.75) is 31.7 Å². The highest BCUT2D eigenvalue weighted by Crippen LogP contribution is 2.25. The number of carbonyl (C=O) groups is 1. The van der Waals surface area contributed by atoms with Gasteiger partial charge in [0.05, 0.1) is 19.1 Å². The summed E-state index contributed by atoms with van der Waals surface area (Å²) in [5.41, 5.74) is 0. The Morgan fingerprint density at radius 1 is 1.58 bits per heavy atom. The first-order valence-corrected chi connectivity index (χ1v) is 6.80. The van der Waals surface area contributed by atoms with Gasteiger partial charge >= 0.3 is 0 Å². The van der Waals surface area contributed by atoms with Gasteiger partial charge in [-0.15, -0.1) is 0 Å². The number of nitrogens with one attached hydrogen (secondary N) is 1. The van der Waals surface area contributed by atoms with Crippen LogP contribution in [0.4, 0.5) is 0 Å². The summed E-state index contributed by atoms with van der Waals surface area (Å²) in [5, 5.41) is 11.5. The minimum atomic E-state index is -0.123. The molecule has 0 spiro atoms. The molecule has 0 saturated heterocycles. The molecule has 6 heteroatoms. The Balaban J connectivity index is 1.73. The van der Waals surface area contributed by atoms with Crippen molar-refractivity contribution in [1.82, 2.24) is 14.9 Å². The van der Waals surface area contributed by atoms with Crippen LogP contribution in [0.15, 0.2) is 12.4 Å². The van der Waals surface area contributed by atoms with Crippen molar-refractivity contribution >= 4 is 5.91 Å². The predicted octanol–water partition coefficient (Wildman–Crippen LogP) is 0.276. The lowest BCUT2D eigenvalue weighted by Crippen LogP contribution is -2.34. The van der Waals surface area contributed by atoms with Crippen LogP contribution in [0.1, 0.15) is 31.0 Å². The minimum Gasteiger partial charge on any atom is -0.394 e. The molecule has 1 aliphatic rings. The van der Waals surface area contributed by atoms with Gasteiger partial charge in [0, 0.05) is 32.1 Å². The smallest absolute Gasteiger partial charge is 0.230 e. The third-order valence-corrected chi connectivity index (χ3v) is 3.27. The number of nitrogens with zero attached hydrogens (tertiary/aromatic N) is 2. The van der Waals surface area contributed by atoms with Gasteiger partial charge in [0.25, 0.3) is 0 Å². The Morgan fingerprint density at radius 3 is 3.32 bits per heavy atom. The number of carbonyl (C=O) groups excluding carboxylic acids is 1. The van der Waals surface area contributed by atoms with Gasteiger partial charge in [-0.2, -0.15) is 0 Å². The van der Waals surface area contributed by atoms with E-state index < -0.39 is 0 Å². The third-order valence-electron chi connectivity index (χ3n) is 3.27. The number of amides is 1. The molecule has 1 atom stereocenters. The Hall–Kier alpha value is -1.40. The Labute approximate surface area is 112 Å². The average molecular weight is 267 g/mol. The maximum atomic E-state index is 12.1. The summed E-state index contributed by atoms with van der Waals surface area (Å²) < 4.78 is 7.19. The maximum absolute atomic E-state index is 12.1. The maximum Gasteiger partial charge on any atom is 0.230 e. The van der Waals surface area contributed by atoms with E-state index in [2.05, 4.69) is 14.9 Å². The minimum absolute atomic E-state index is 0.0388. The molecular weight excluding hydrogens is 246 g/mol. The van der Waals surface area contributed by atoms with Gasteiger partial charge in [-0.25, -0.2) is 4.98 Å². The molecule has 0 aromatic carbocycles. The summed E-state index contributed by atoms with van der Waals surface area (Å²) in [5.74, 6) is 0.802. The molecule has 2 N–H and O–H groups in total. The second-order valence-corrected chi connectivity index (χ2v) is 4.65. The van der Waals surface area contributed by atoms with E-state index in [9.17, 15) is 4.79 Å². The zero-order valence-electron chi connectivity index (χ0n) is 11.0. The molecule has 1 aromatic heterocycles. The molecule has 106 valence electrons. The van der Waals surface area contributed by atoms with E-state index in [-0.39, 0.29) is 18.4 Å². The average Bonchev–Trinajstić information content (AvgIpc) is 2.90. The molecule has 19 heavy (non-hydrogen) atoms. The first-order chi connectivity index (χ1) is 9.33. The van der Waals surface area contributed by atoms with Crippen molar-refractivity contribution in [3.05, 3.63) is 18.2 Å². The molecule has 0 fully saturated rings. The normalized spacial score (nSPS) is 18.1. The van der Waals surface area contributed by atoms with Gasteiger partial charge in [0.15, 0.2) is 0 Å².